The van der Waals surface area contributed by atoms with Crippen LogP contribution in [0, 0.1) is 5.82 Å². The average molecular weight is 201 g/mol. The zero-order valence-electron chi connectivity index (χ0n) is 7.21. The van der Waals surface area contributed by atoms with Crippen molar-refractivity contribution < 1.29 is 18.7 Å². The number of hydrogen-bond donors (Lipinski definition) is 2. The van der Waals surface area contributed by atoms with E-state index < -0.39 is 24.0 Å². The third kappa shape index (κ3) is 1.72. The number of hydrogen-bond acceptors (Lipinski definition) is 2. The van der Waals surface area contributed by atoms with Gasteiger partial charge in [-0.2, -0.15) is 0 Å². The van der Waals surface area contributed by atoms with E-state index in [1.54, 1.807) is 0 Å². The predicted octanol–water partition coefficient (Wildman–Crippen LogP) is 1.03. The van der Waals surface area contributed by atoms with E-state index >= 15 is 0 Å². The third-order valence-electron chi connectivity index (χ3n) is 1.93. The van der Waals surface area contributed by atoms with E-state index in [1.807, 2.05) is 0 Å². The first-order valence-electron chi connectivity index (χ1n) is 3.85. The van der Waals surface area contributed by atoms with E-state index in [0.717, 1.165) is 12.1 Å². The highest BCUT2D eigenvalue weighted by Crippen LogP contribution is 2.20. The van der Waals surface area contributed by atoms with Crippen LogP contribution in [0.25, 0.3) is 0 Å². The SMILES string of the molecule is NC(CF)(C(=O)O)c1cccc(F)c1. The van der Waals surface area contributed by atoms with Gasteiger partial charge >= 0.3 is 5.97 Å². The summed E-state index contributed by atoms with van der Waals surface area (Å²) in [7, 11) is 0. The molecule has 0 bridgehead atoms. The fourth-order valence-electron chi connectivity index (χ4n) is 1.02. The minimum atomic E-state index is -2.16. The molecule has 1 aromatic carbocycles. The van der Waals surface area contributed by atoms with Gasteiger partial charge in [0.15, 0.2) is 5.54 Å². The largest absolute Gasteiger partial charge is 0.480 e. The van der Waals surface area contributed by atoms with Gasteiger partial charge in [-0.15, -0.1) is 0 Å². The molecule has 0 saturated carbocycles. The van der Waals surface area contributed by atoms with Crippen LogP contribution in [-0.4, -0.2) is 17.8 Å². The Morgan fingerprint density at radius 3 is 2.64 bits per heavy atom. The first-order chi connectivity index (χ1) is 6.50. The lowest BCUT2D eigenvalue weighted by Gasteiger charge is -2.21. The molecule has 0 aromatic heterocycles. The maximum atomic E-state index is 12.7. The average Bonchev–Trinajstić information content (AvgIpc) is 2.16. The van der Waals surface area contributed by atoms with Crippen molar-refractivity contribution in [3.8, 4) is 0 Å². The van der Waals surface area contributed by atoms with Crippen LogP contribution in [0.15, 0.2) is 24.3 Å². The summed E-state index contributed by atoms with van der Waals surface area (Å²) in [5.41, 5.74) is 3.03. The summed E-state index contributed by atoms with van der Waals surface area (Å²) in [6.45, 7) is -1.29. The maximum Gasteiger partial charge on any atom is 0.331 e. The Morgan fingerprint density at radius 2 is 2.21 bits per heavy atom. The van der Waals surface area contributed by atoms with Crippen LogP contribution in [-0.2, 0) is 10.3 Å². The first-order valence-corrected chi connectivity index (χ1v) is 3.85. The number of aliphatic carboxylic acids is 1. The quantitative estimate of drug-likeness (QED) is 0.767. The summed E-state index contributed by atoms with van der Waals surface area (Å²) in [5.74, 6) is -2.17. The molecule has 0 amide bonds. The van der Waals surface area contributed by atoms with Gasteiger partial charge in [0.25, 0.3) is 0 Å². The molecule has 1 aromatic rings. The molecule has 3 N–H and O–H groups in total. The van der Waals surface area contributed by atoms with Crippen LogP contribution >= 0.6 is 0 Å². The minimum Gasteiger partial charge on any atom is -0.480 e. The van der Waals surface area contributed by atoms with Gasteiger partial charge in [0.1, 0.15) is 12.5 Å². The van der Waals surface area contributed by atoms with Crippen molar-refractivity contribution in [2.45, 2.75) is 5.54 Å². The molecule has 0 aliphatic heterocycles. The molecule has 3 nitrogen and oxygen atoms in total. The van der Waals surface area contributed by atoms with Gasteiger partial charge in [-0.3, -0.25) is 0 Å². The number of rotatable bonds is 3. The van der Waals surface area contributed by atoms with Crippen LogP contribution in [0.5, 0.6) is 0 Å². The van der Waals surface area contributed by atoms with Crippen molar-refractivity contribution in [2.75, 3.05) is 6.67 Å². The molecule has 1 atom stereocenters. The highest BCUT2D eigenvalue weighted by atomic mass is 19.1. The van der Waals surface area contributed by atoms with Gasteiger partial charge in [0, 0.05) is 0 Å². The number of carboxylic acids is 1. The van der Waals surface area contributed by atoms with Crippen LogP contribution in [0.4, 0.5) is 8.78 Å². The number of carboxylic acid groups (broad SMARTS) is 1. The summed E-state index contributed by atoms with van der Waals surface area (Å²) < 4.78 is 25.2. The van der Waals surface area contributed by atoms with Crippen molar-refractivity contribution in [3.63, 3.8) is 0 Å². The molecule has 0 spiro atoms. The minimum absolute atomic E-state index is 0.0903. The van der Waals surface area contributed by atoms with Crippen molar-refractivity contribution in [1.29, 1.82) is 0 Å². The Bertz CT molecular complexity index is 356. The number of halogens is 2. The number of alkyl halides is 1. The lowest BCUT2D eigenvalue weighted by atomic mass is 9.92. The third-order valence-corrected chi connectivity index (χ3v) is 1.93. The van der Waals surface area contributed by atoms with Crippen molar-refractivity contribution in [3.05, 3.63) is 35.6 Å². The maximum absolute atomic E-state index is 12.7. The van der Waals surface area contributed by atoms with Crippen molar-refractivity contribution in [1.82, 2.24) is 0 Å². The molecular formula is C9H9F2NO2. The van der Waals surface area contributed by atoms with Crippen LogP contribution in [0.2, 0.25) is 0 Å². The Morgan fingerprint density at radius 1 is 1.57 bits per heavy atom. The van der Waals surface area contributed by atoms with Crippen molar-refractivity contribution >= 4 is 5.97 Å². The molecular weight excluding hydrogens is 192 g/mol. The van der Waals surface area contributed by atoms with Crippen LogP contribution in [0.1, 0.15) is 5.56 Å². The molecule has 0 aliphatic rings. The van der Waals surface area contributed by atoms with E-state index in [1.165, 1.54) is 12.1 Å². The van der Waals surface area contributed by atoms with Gasteiger partial charge in [0.05, 0.1) is 0 Å². The lowest BCUT2D eigenvalue weighted by Crippen LogP contribution is -2.47. The molecule has 76 valence electrons. The monoisotopic (exact) mass is 201 g/mol. The molecule has 1 unspecified atom stereocenters. The molecule has 0 saturated heterocycles. The normalized spacial score (nSPS) is 14.8. The van der Waals surface area contributed by atoms with Gasteiger partial charge in [-0.1, -0.05) is 12.1 Å². The van der Waals surface area contributed by atoms with E-state index in [9.17, 15) is 13.6 Å². The zero-order chi connectivity index (χ0) is 10.8. The standard InChI is InChI=1S/C9H9F2NO2/c10-5-9(12,8(13)14)6-2-1-3-7(11)4-6/h1-4H,5,12H2,(H,13,14). The predicted molar refractivity (Wildman–Crippen MR) is 45.9 cm³/mol. The van der Waals surface area contributed by atoms with Gasteiger partial charge in [-0.05, 0) is 17.7 Å². The van der Waals surface area contributed by atoms with E-state index in [2.05, 4.69) is 0 Å². The molecule has 1 rings (SSSR count). The summed E-state index contributed by atoms with van der Waals surface area (Å²) in [5, 5.41) is 8.69. The smallest absolute Gasteiger partial charge is 0.331 e. The second kappa shape index (κ2) is 3.71. The molecule has 0 radical (unpaired) electrons. The fourth-order valence-corrected chi connectivity index (χ4v) is 1.02. The Kier molecular flexibility index (Phi) is 2.81. The highest BCUT2D eigenvalue weighted by Gasteiger charge is 2.36. The first kappa shape index (κ1) is 10.6. The zero-order valence-corrected chi connectivity index (χ0v) is 7.21. The van der Waals surface area contributed by atoms with Crippen LogP contribution < -0.4 is 5.73 Å². The number of benzene rings is 1. The second-order valence-corrected chi connectivity index (χ2v) is 2.92. The van der Waals surface area contributed by atoms with Gasteiger partial charge < -0.3 is 10.8 Å². The molecule has 0 heterocycles. The van der Waals surface area contributed by atoms with Crippen LogP contribution in [0.3, 0.4) is 0 Å². The summed E-state index contributed by atoms with van der Waals surface area (Å²) in [6.07, 6.45) is 0. The highest BCUT2D eigenvalue weighted by molar-refractivity contribution is 5.80. The summed E-state index contributed by atoms with van der Waals surface area (Å²) in [6, 6.07) is 4.60. The van der Waals surface area contributed by atoms with E-state index in [0.29, 0.717) is 0 Å². The lowest BCUT2D eigenvalue weighted by molar-refractivity contribution is -0.144. The number of nitrogens with two attached hydrogens (primary N) is 1. The molecule has 14 heavy (non-hydrogen) atoms. The summed E-state index contributed by atoms with van der Waals surface area (Å²) in [4.78, 5) is 10.7. The Balaban J connectivity index is 3.19. The van der Waals surface area contributed by atoms with Gasteiger partial charge in [-0.25, -0.2) is 13.6 Å². The Labute approximate surface area is 79.2 Å². The second-order valence-electron chi connectivity index (χ2n) is 2.92. The Hall–Kier alpha value is -1.49. The molecule has 0 aliphatic carbocycles. The molecule has 0 fully saturated rings. The van der Waals surface area contributed by atoms with E-state index in [-0.39, 0.29) is 5.56 Å². The number of carbonyl (C=O) groups is 1. The topological polar surface area (TPSA) is 63.3 Å². The fraction of sp³-hybridized carbons (Fsp3) is 0.222. The van der Waals surface area contributed by atoms with E-state index in [4.69, 9.17) is 10.8 Å². The van der Waals surface area contributed by atoms with Crippen molar-refractivity contribution in [2.24, 2.45) is 5.73 Å². The summed E-state index contributed by atoms with van der Waals surface area (Å²) >= 11 is 0. The molecule has 5 heteroatoms. The van der Waals surface area contributed by atoms with Gasteiger partial charge in [0.2, 0.25) is 0 Å².